The van der Waals surface area contributed by atoms with Crippen LogP contribution in [0.15, 0.2) is 24.3 Å². The number of anilines is 1. The Morgan fingerprint density at radius 1 is 1.36 bits per heavy atom. The number of para-hydroxylation sites is 1. The predicted octanol–water partition coefficient (Wildman–Crippen LogP) is 4.45. The van der Waals surface area contributed by atoms with Crippen LogP contribution in [-0.2, 0) is 11.3 Å². The summed E-state index contributed by atoms with van der Waals surface area (Å²) in [5, 5.41) is 4.40. The van der Waals surface area contributed by atoms with Crippen LogP contribution in [0.4, 0.5) is 5.69 Å². The fourth-order valence-corrected chi connectivity index (χ4v) is 4.85. The standard InChI is InChI=1S/C20H23ClN4O2S/c1-11-8-25(9-12(2)27-11)10-14-17(24-19-18(14)28-13(3)22-19)20(26)23-16-7-5-4-6-15(16)21/h4-7,11-12,24H,8-10H2,1-3H3,(H,23,26). The molecular formula is C20H23ClN4O2S. The molecule has 0 spiro atoms. The van der Waals surface area contributed by atoms with Crippen LogP contribution in [0.1, 0.15) is 34.9 Å². The van der Waals surface area contributed by atoms with E-state index < -0.39 is 0 Å². The van der Waals surface area contributed by atoms with E-state index in [9.17, 15) is 4.79 Å². The summed E-state index contributed by atoms with van der Waals surface area (Å²) in [5.41, 5.74) is 2.87. The van der Waals surface area contributed by atoms with E-state index >= 15 is 0 Å². The number of fused-ring (bicyclic) bond motifs is 1. The maximum Gasteiger partial charge on any atom is 0.272 e. The Balaban J connectivity index is 1.66. The highest BCUT2D eigenvalue weighted by molar-refractivity contribution is 7.18. The molecule has 0 radical (unpaired) electrons. The van der Waals surface area contributed by atoms with Crippen LogP contribution in [-0.4, -0.2) is 46.1 Å². The molecule has 2 atom stereocenters. The number of carbonyl (C=O) groups excluding carboxylic acids is 1. The normalized spacial score (nSPS) is 20.6. The molecule has 1 aliphatic heterocycles. The zero-order valence-electron chi connectivity index (χ0n) is 16.1. The topological polar surface area (TPSA) is 70.2 Å². The van der Waals surface area contributed by atoms with E-state index in [0.717, 1.165) is 34.0 Å². The molecule has 0 saturated carbocycles. The van der Waals surface area contributed by atoms with Crippen molar-refractivity contribution in [2.45, 2.75) is 39.5 Å². The minimum atomic E-state index is -0.208. The number of hydrogen-bond acceptors (Lipinski definition) is 5. The predicted molar refractivity (Wildman–Crippen MR) is 113 cm³/mol. The van der Waals surface area contributed by atoms with Crippen molar-refractivity contribution in [3.8, 4) is 0 Å². The van der Waals surface area contributed by atoms with E-state index in [4.69, 9.17) is 16.3 Å². The second kappa shape index (κ2) is 7.83. The summed E-state index contributed by atoms with van der Waals surface area (Å²) in [6, 6.07) is 7.23. The van der Waals surface area contributed by atoms with Crippen LogP contribution in [0, 0.1) is 6.92 Å². The third kappa shape index (κ3) is 3.93. The van der Waals surface area contributed by atoms with Gasteiger partial charge in [0.1, 0.15) is 11.3 Å². The number of halogens is 1. The van der Waals surface area contributed by atoms with Crippen molar-refractivity contribution in [3.05, 3.63) is 45.6 Å². The van der Waals surface area contributed by atoms with Gasteiger partial charge >= 0.3 is 0 Å². The lowest BCUT2D eigenvalue weighted by Crippen LogP contribution is -2.45. The van der Waals surface area contributed by atoms with E-state index in [2.05, 4.69) is 34.0 Å². The van der Waals surface area contributed by atoms with Crippen LogP contribution in [0.2, 0.25) is 5.02 Å². The van der Waals surface area contributed by atoms with Crippen LogP contribution in [0.25, 0.3) is 10.3 Å². The molecular weight excluding hydrogens is 396 g/mol. The number of nitrogens with zero attached hydrogens (tertiary/aromatic N) is 2. The number of carbonyl (C=O) groups is 1. The first kappa shape index (κ1) is 19.4. The zero-order valence-corrected chi connectivity index (χ0v) is 17.7. The Bertz CT molecular complexity index is 1000. The molecule has 8 heteroatoms. The lowest BCUT2D eigenvalue weighted by atomic mass is 10.1. The van der Waals surface area contributed by atoms with Gasteiger partial charge in [-0.05, 0) is 32.9 Å². The summed E-state index contributed by atoms with van der Waals surface area (Å²) in [7, 11) is 0. The zero-order chi connectivity index (χ0) is 19.8. The van der Waals surface area contributed by atoms with Crippen LogP contribution < -0.4 is 5.32 Å². The van der Waals surface area contributed by atoms with Gasteiger partial charge in [-0.25, -0.2) is 4.98 Å². The van der Waals surface area contributed by atoms with Crippen molar-refractivity contribution in [1.82, 2.24) is 14.9 Å². The quantitative estimate of drug-likeness (QED) is 0.656. The number of morpholine rings is 1. The second-order valence-corrected chi connectivity index (χ2v) is 8.88. The number of aromatic amines is 1. The highest BCUT2D eigenvalue weighted by Gasteiger charge is 2.27. The van der Waals surface area contributed by atoms with Crippen molar-refractivity contribution >= 4 is 44.9 Å². The van der Waals surface area contributed by atoms with Gasteiger partial charge in [-0.3, -0.25) is 9.69 Å². The van der Waals surface area contributed by atoms with Crippen LogP contribution >= 0.6 is 22.9 Å². The smallest absolute Gasteiger partial charge is 0.272 e. The van der Waals surface area contributed by atoms with Gasteiger partial charge in [0.15, 0.2) is 0 Å². The SMILES string of the molecule is Cc1nc2[nH]c(C(=O)Nc3ccccc3Cl)c(CN3CC(C)OC(C)C3)c2s1. The maximum atomic E-state index is 13.0. The van der Waals surface area contributed by atoms with Crippen molar-refractivity contribution in [2.75, 3.05) is 18.4 Å². The Morgan fingerprint density at radius 2 is 2.07 bits per heavy atom. The minimum absolute atomic E-state index is 0.168. The molecule has 1 amide bonds. The van der Waals surface area contributed by atoms with E-state index in [1.54, 1.807) is 23.5 Å². The third-order valence-electron chi connectivity index (χ3n) is 4.78. The molecule has 2 unspecified atom stereocenters. The van der Waals surface area contributed by atoms with Gasteiger partial charge in [-0.1, -0.05) is 23.7 Å². The summed E-state index contributed by atoms with van der Waals surface area (Å²) < 4.78 is 6.88. The number of aryl methyl sites for hydroxylation is 1. The van der Waals surface area contributed by atoms with Gasteiger partial charge < -0.3 is 15.0 Å². The van der Waals surface area contributed by atoms with E-state index in [1.807, 2.05) is 19.1 Å². The van der Waals surface area contributed by atoms with Crippen molar-refractivity contribution in [1.29, 1.82) is 0 Å². The van der Waals surface area contributed by atoms with Gasteiger partial charge in [0.05, 0.1) is 32.6 Å². The first-order valence-corrected chi connectivity index (χ1v) is 10.5. The molecule has 3 aromatic rings. The Kier molecular flexibility index (Phi) is 5.42. The molecule has 2 N–H and O–H groups in total. The number of nitrogens with one attached hydrogen (secondary N) is 2. The second-order valence-electron chi connectivity index (χ2n) is 7.27. The maximum absolute atomic E-state index is 13.0. The molecule has 6 nitrogen and oxygen atoms in total. The summed E-state index contributed by atoms with van der Waals surface area (Å²) >= 11 is 7.81. The Morgan fingerprint density at radius 3 is 2.79 bits per heavy atom. The molecule has 4 rings (SSSR count). The van der Waals surface area contributed by atoms with Gasteiger partial charge in [-0.15, -0.1) is 11.3 Å². The number of rotatable bonds is 4. The molecule has 28 heavy (non-hydrogen) atoms. The highest BCUT2D eigenvalue weighted by atomic mass is 35.5. The van der Waals surface area contributed by atoms with Crippen molar-refractivity contribution in [2.24, 2.45) is 0 Å². The minimum Gasteiger partial charge on any atom is -0.373 e. The number of thiazole rings is 1. The molecule has 1 saturated heterocycles. The Labute approximate surface area is 172 Å². The monoisotopic (exact) mass is 418 g/mol. The van der Waals surface area contributed by atoms with Gasteiger partial charge in [0.2, 0.25) is 0 Å². The molecule has 1 aliphatic rings. The average Bonchev–Trinajstić information content (AvgIpc) is 3.13. The van der Waals surface area contributed by atoms with Gasteiger partial charge in [0.25, 0.3) is 5.91 Å². The number of H-pyrrole nitrogens is 1. The summed E-state index contributed by atoms with van der Waals surface area (Å²) in [6.45, 7) is 8.48. The number of hydrogen-bond donors (Lipinski definition) is 2. The molecule has 0 bridgehead atoms. The molecule has 0 aliphatic carbocycles. The molecule has 148 valence electrons. The highest BCUT2D eigenvalue weighted by Crippen LogP contribution is 2.31. The van der Waals surface area contributed by atoms with Gasteiger partial charge in [-0.2, -0.15) is 0 Å². The number of aromatic nitrogens is 2. The lowest BCUT2D eigenvalue weighted by molar-refractivity contribution is -0.0704. The molecule has 2 aromatic heterocycles. The van der Waals surface area contributed by atoms with E-state index in [-0.39, 0.29) is 18.1 Å². The van der Waals surface area contributed by atoms with Crippen LogP contribution in [0.5, 0.6) is 0 Å². The number of benzene rings is 1. The molecule has 3 heterocycles. The van der Waals surface area contributed by atoms with Crippen molar-refractivity contribution in [3.63, 3.8) is 0 Å². The average molecular weight is 419 g/mol. The number of ether oxygens (including phenoxy) is 1. The van der Waals surface area contributed by atoms with Crippen LogP contribution in [0.3, 0.4) is 0 Å². The van der Waals surface area contributed by atoms with E-state index in [0.29, 0.717) is 22.9 Å². The summed E-state index contributed by atoms with van der Waals surface area (Å²) in [6.07, 6.45) is 0.337. The summed E-state index contributed by atoms with van der Waals surface area (Å²) in [4.78, 5) is 23.1. The third-order valence-corrected chi connectivity index (χ3v) is 6.14. The molecule has 1 fully saturated rings. The largest absolute Gasteiger partial charge is 0.373 e. The first-order valence-electron chi connectivity index (χ1n) is 9.32. The Hall–Kier alpha value is -1.93. The summed E-state index contributed by atoms with van der Waals surface area (Å²) in [5.74, 6) is -0.208. The number of amides is 1. The fourth-order valence-electron chi connectivity index (χ4n) is 3.75. The first-order chi connectivity index (χ1) is 13.4. The van der Waals surface area contributed by atoms with Gasteiger partial charge in [0, 0.05) is 25.2 Å². The van der Waals surface area contributed by atoms with Crippen molar-refractivity contribution < 1.29 is 9.53 Å². The van der Waals surface area contributed by atoms with E-state index in [1.165, 1.54) is 0 Å². The molecule has 1 aromatic carbocycles. The lowest BCUT2D eigenvalue weighted by Gasteiger charge is -2.35. The fraction of sp³-hybridized carbons (Fsp3) is 0.400.